The van der Waals surface area contributed by atoms with Crippen LogP contribution < -0.4 is 0 Å². The van der Waals surface area contributed by atoms with E-state index in [9.17, 15) is 9.18 Å². The zero-order chi connectivity index (χ0) is 13.0. The van der Waals surface area contributed by atoms with Crippen molar-refractivity contribution >= 4 is 17.6 Å². The van der Waals surface area contributed by atoms with Gasteiger partial charge in [0.2, 0.25) is 5.95 Å². The average Bonchev–Trinajstić information content (AvgIpc) is 2.36. The third-order valence-electron chi connectivity index (χ3n) is 2.18. The molecule has 0 radical (unpaired) electrons. The number of nitrogens with zero attached hydrogens (tertiary/aromatic N) is 1. The van der Waals surface area contributed by atoms with Crippen LogP contribution in [0.5, 0.6) is 0 Å². The van der Waals surface area contributed by atoms with Gasteiger partial charge in [-0.25, -0.2) is 9.78 Å². The van der Waals surface area contributed by atoms with Gasteiger partial charge in [0.05, 0.1) is 0 Å². The predicted octanol–water partition coefficient (Wildman–Crippen LogP) is 3.23. The van der Waals surface area contributed by atoms with E-state index in [0.29, 0.717) is 5.02 Å². The number of rotatable bonds is 3. The van der Waals surface area contributed by atoms with Crippen LogP contribution in [0.4, 0.5) is 4.39 Å². The van der Waals surface area contributed by atoms with Crippen LogP contribution in [0.3, 0.4) is 0 Å². The minimum Gasteiger partial charge on any atom is -0.456 e. The van der Waals surface area contributed by atoms with E-state index in [0.717, 1.165) is 11.6 Å². The van der Waals surface area contributed by atoms with Gasteiger partial charge in [-0.3, -0.25) is 0 Å². The molecule has 0 saturated carbocycles. The fourth-order valence-corrected chi connectivity index (χ4v) is 1.58. The van der Waals surface area contributed by atoms with Crippen LogP contribution in [0.2, 0.25) is 5.02 Å². The fourth-order valence-electron chi connectivity index (χ4n) is 1.37. The molecule has 0 bridgehead atoms. The van der Waals surface area contributed by atoms with Crippen molar-refractivity contribution in [2.45, 2.75) is 6.61 Å². The minimum absolute atomic E-state index is 0.0583. The molecule has 0 fully saturated rings. The van der Waals surface area contributed by atoms with E-state index >= 15 is 0 Å². The Morgan fingerprint density at radius 1 is 1.28 bits per heavy atom. The number of aromatic nitrogens is 1. The van der Waals surface area contributed by atoms with Crippen LogP contribution in [0.1, 0.15) is 16.1 Å². The molecule has 0 N–H and O–H groups in total. The quantitative estimate of drug-likeness (QED) is 0.632. The molecule has 0 atom stereocenters. The molecule has 5 heteroatoms. The van der Waals surface area contributed by atoms with Gasteiger partial charge in [-0.15, -0.1) is 0 Å². The summed E-state index contributed by atoms with van der Waals surface area (Å²) in [6.45, 7) is 0.0671. The Morgan fingerprint density at radius 2 is 2.06 bits per heavy atom. The summed E-state index contributed by atoms with van der Waals surface area (Å²) in [5.74, 6) is -1.39. The van der Waals surface area contributed by atoms with Crippen molar-refractivity contribution in [3.05, 3.63) is 64.7 Å². The van der Waals surface area contributed by atoms with E-state index in [4.69, 9.17) is 16.3 Å². The van der Waals surface area contributed by atoms with Crippen molar-refractivity contribution < 1.29 is 13.9 Å². The second-order valence-electron chi connectivity index (χ2n) is 3.55. The Labute approximate surface area is 108 Å². The van der Waals surface area contributed by atoms with Gasteiger partial charge < -0.3 is 4.74 Å². The van der Waals surface area contributed by atoms with E-state index in [1.54, 1.807) is 24.3 Å². The lowest BCUT2D eigenvalue weighted by Crippen LogP contribution is -2.08. The van der Waals surface area contributed by atoms with Crippen molar-refractivity contribution in [3.63, 3.8) is 0 Å². The second kappa shape index (κ2) is 5.60. The highest BCUT2D eigenvalue weighted by molar-refractivity contribution is 6.30. The van der Waals surface area contributed by atoms with Gasteiger partial charge in [0.15, 0.2) is 5.69 Å². The molecule has 18 heavy (non-hydrogen) atoms. The van der Waals surface area contributed by atoms with Crippen LogP contribution >= 0.6 is 11.6 Å². The van der Waals surface area contributed by atoms with Crippen molar-refractivity contribution in [1.29, 1.82) is 0 Å². The predicted molar refractivity (Wildman–Crippen MR) is 64.8 cm³/mol. The molecule has 2 aromatic rings. The normalized spacial score (nSPS) is 10.1. The molecule has 1 aromatic heterocycles. The first-order chi connectivity index (χ1) is 8.65. The van der Waals surface area contributed by atoms with Gasteiger partial charge in [0, 0.05) is 5.02 Å². The Morgan fingerprint density at radius 3 is 2.78 bits per heavy atom. The van der Waals surface area contributed by atoms with E-state index in [-0.39, 0.29) is 12.3 Å². The third-order valence-corrected chi connectivity index (χ3v) is 2.42. The molecule has 3 nitrogen and oxygen atoms in total. The van der Waals surface area contributed by atoms with Crippen molar-refractivity contribution in [3.8, 4) is 0 Å². The van der Waals surface area contributed by atoms with Crippen LogP contribution in [-0.4, -0.2) is 11.0 Å². The summed E-state index contributed by atoms with van der Waals surface area (Å²) in [6, 6.07) is 10.9. The monoisotopic (exact) mass is 265 g/mol. The fraction of sp³-hybridized carbons (Fsp3) is 0.0769. The number of carbonyl (C=O) groups excluding carboxylic acids is 1. The summed E-state index contributed by atoms with van der Waals surface area (Å²) in [5.41, 5.74) is 0.698. The average molecular weight is 266 g/mol. The molecule has 2 rings (SSSR count). The summed E-state index contributed by atoms with van der Waals surface area (Å²) >= 11 is 5.80. The van der Waals surface area contributed by atoms with Crippen LogP contribution in [0, 0.1) is 5.95 Å². The third kappa shape index (κ3) is 3.28. The molecular weight excluding hydrogens is 257 g/mol. The molecule has 0 aliphatic heterocycles. The molecule has 1 heterocycles. The largest absolute Gasteiger partial charge is 0.456 e. The lowest BCUT2D eigenvalue weighted by Gasteiger charge is -2.04. The molecule has 0 saturated heterocycles. The van der Waals surface area contributed by atoms with Gasteiger partial charge in [-0.1, -0.05) is 29.8 Å². The number of ether oxygens (including phenoxy) is 1. The molecular formula is C13H9ClFNO2. The number of carbonyl (C=O) groups is 1. The van der Waals surface area contributed by atoms with E-state index in [1.807, 2.05) is 0 Å². The smallest absolute Gasteiger partial charge is 0.357 e. The van der Waals surface area contributed by atoms with Crippen LogP contribution in [0.25, 0.3) is 0 Å². The molecule has 1 aromatic carbocycles. The van der Waals surface area contributed by atoms with Gasteiger partial charge >= 0.3 is 5.97 Å². The Hall–Kier alpha value is -1.94. The van der Waals surface area contributed by atoms with Gasteiger partial charge in [0.1, 0.15) is 6.61 Å². The second-order valence-corrected chi connectivity index (χ2v) is 3.99. The zero-order valence-electron chi connectivity index (χ0n) is 9.27. The zero-order valence-corrected chi connectivity index (χ0v) is 10.0. The van der Waals surface area contributed by atoms with Gasteiger partial charge in [-0.05, 0) is 29.8 Å². The van der Waals surface area contributed by atoms with E-state index in [2.05, 4.69) is 4.98 Å². The Kier molecular flexibility index (Phi) is 3.89. The van der Waals surface area contributed by atoms with Gasteiger partial charge in [0.25, 0.3) is 0 Å². The number of hydrogen-bond acceptors (Lipinski definition) is 3. The first-order valence-electron chi connectivity index (χ1n) is 5.19. The number of pyridine rings is 1. The van der Waals surface area contributed by atoms with Crippen molar-refractivity contribution in [2.75, 3.05) is 0 Å². The molecule has 92 valence electrons. The number of hydrogen-bond donors (Lipinski definition) is 0. The Bertz CT molecular complexity index is 574. The topological polar surface area (TPSA) is 39.2 Å². The van der Waals surface area contributed by atoms with Gasteiger partial charge in [-0.2, -0.15) is 4.39 Å². The molecule has 0 aliphatic rings. The maximum Gasteiger partial charge on any atom is 0.357 e. The van der Waals surface area contributed by atoms with Crippen LogP contribution in [0.15, 0.2) is 42.5 Å². The first-order valence-corrected chi connectivity index (χ1v) is 5.57. The first kappa shape index (κ1) is 12.5. The van der Waals surface area contributed by atoms with E-state index in [1.165, 1.54) is 12.1 Å². The maximum absolute atomic E-state index is 12.8. The SMILES string of the molecule is O=C(OCc1cccc(Cl)c1)c1cccc(F)n1. The highest BCUT2D eigenvalue weighted by Crippen LogP contribution is 2.12. The number of benzene rings is 1. The Balaban J connectivity index is 2.00. The summed E-state index contributed by atoms with van der Waals surface area (Å²) < 4.78 is 17.8. The highest BCUT2D eigenvalue weighted by Gasteiger charge is 2.09. The molecule has 0 amide bonds. The summed E-state index contributed by atoms with van der Waals surface area (Å²) in [7, 11) is 0. The standard InChI is InChI=1S/C13H9ClFNO2/c14-10-4-1-3-9(7-10)8-18-13(17)11-5-2-6-12(15)16-11/h1-7H,8H2. The molecule has 0 aliphatic carbocycles. The summed E-state index contributed by atoms with van der Waals surface area (Å²) in [5, 5.41) is 0.562. The lowest BCUT2D eigenvalue weighted by molar-refractivity contribution is 0.0464. The number of halogens is 2. The summed E-state index contributed by atoms with van der Waals surface area (Å²) in [4.78, 5) is 15.0. The minimum atomic E-state index is -0.716. The van der Waals surface area contributed by atoms with Crippen molar-refractivity contribution in [1.82, 2.24) is 4.98 Å². The van der Waals surface area contributed by atoms with E-state index < -0.39 is 11.9 Å². The molecule has 0 spiro atoms. The number of esters is 1. The highest BCUT2D eigenvalue weighted by atomic mass is 35.5. The van der Waals surface area contributed by atoms with Crippen molar-refractivity contribution in [2.24, 2.45) is 0 Å². The lowest BCUT2D eigenvalue weighted by atomic mass is 10.2. The maximum atomic E-state index is 12.8. The summed E-state index contributed by atoms with van der Waals surface area (Å²) in [6.07, 6.45) is 0. The van der Waals surface area contributed by atoms with Crippen LogP contribution in [-0.2, 0) is 11.3 Å². The molecule has 0 unspecified atom stereocenters.